The normalized spacial score (nSPS) is 21.5. The minimum Gasteiger partial charge on any atom is -0.377 e. The van der Waals surface area contributed by atoms with Gasteiger partial charge in [-0.2, -0.15) is 0 Å². The summed E-state index contributed by atoms with van der Waals surface area (Å²) in [7, 11) is 8.19. The number of rotatable bonds is 6. The molecule has 1 unspecified atom stereocenters. The first kappa shape index (κ1) is 15.9. The molecule has 1 N–H and O–H groups in total. The summed E-state index contributed by atoms with van der Waals surface area (Å²) in [4.78, 5) is 4.91. The van der Waals surface area contributed by atoms with E-state index in [0.717, 1.165) is 12.6 Å². The van der Waals surface area contributed by atoms with Crippen molar-refractivity contribution in [1.82, 2.24) is 15.1 Å². The number of nitrogens with zero attached hydrogens (tertiary/aromatic N) is 2. The van der Waals surface area contributed by atoms with E-state index in [0.29, 0.717) is 6.04 Å². The Morgan fingerprint density at radius 2 is 1.89 bits per heavy atom. The monoisotopic (exact) mass is 257 g/mol. The second-order valence-electron chi connectivity index (χ2n) is 6.14. The third kappa shape index (κ3) is 4.19. The van der Waals surface area contributed by atoms with Crippen LogP contribution in [-0.4, -0.2) is 75.4 Å². The summed E-state index contributed by atoms with van der Waals surface area (Å²) in [6.07, 6.45) is 2.55. The number of ether oxygens (including phenoxy) is 1. The van der Waals surface area contributed by atoms with Crippen molar-refractivity contribution >= 4 is 0 Å². The van der Waals surface area contributed by atoms with Gasteiger partial charge < -0.3 is 19.9 Å². The molecule has 0 saturated carbocycles. The lowest BCUT2D eigenvalue weighted by Gasteiger charge is -2.40. The quantitative estimate of drug-likeness (QED) is 0.769. The maximum Gasteiger partial charge on any atom is 0.0787 e. The van der Waals surface area contributed by atoms with Gasteiger partial charge in [-0.3, -0.25) is 0 Å². The molecule has 1 saturated heterocycles. The van der Waals surface area contributed by atoms with E-state index in [1.54, 1.807) is 7.11 Å². The molecule has 1 rings (SSSR count). The maximum atomic E-state index is 5.59. The highest BCUT2D eigenvalue weighted by Crippen LogP contribution is 2.18. The lowest BCUT2D eigenvalue weighted by molar-refractivity contribution is -0.0208. The summed E-state index contributed by atoms with van der Waals surface area (Å²) < 4.78 is 5.59. The summed E-state index contributed by atoms with van der Waals surface area (Å²) in [5, 5.41) is 3.40. The Hall–Kier alpha value is -0.160. The number of likely N-dealkylation sites (tertiary alicyclic amines) is 1. The van der Waals surface area contributed by atoms with Gasteiger partial charge in [-0.1, -0.05) is 0 Å². The van der Waals surface area contributed by atoms with Crippen LogP contribution in [0.2, 0.25) is 0 Å². The highest BCUT2D eigenvalue weighted by atomic mass is 16.5. The average Bonchev–Trinajstić information content (AvgIpc) is 2.36. The molecule has 0 aromatic rings. The van der Waals surface area contributed by atoms with Gasteiger partial charge in [0.05, 0.1) is 5.60 Å². The lowest BCUT2D eigenvalue weighted by Crippen LogP contribution is -2.55. The van der Waals surface area contributed by atoms with Crippen LogP contribution in [0.3, 0.4) is 0 Å². The number of likely N-dealkylation sites (N-methyl/N-ethyl adjacent to an activating group) is 1. The molecule has 4 heteroatoms. The fraction of sp³-hybridized carbons (Fsp3) is 1.00. The Balaban J connectivity index is 2.44. The zero-order valence-electron chi connectivity index (χ0n) is 13.0. The number of nitrogens with one attached hydrogen (secondary N) is 1. The van der Waals surface area contributed by atoms with Crippen molar-refractivity contribution in [2.75, 3.05) is 47.9 Å². The van der Waals surface area contributed by atoms with Crippen molar-refractivity contribution in [3.8, 4) is 0 Å². The second-order valence-corrected chi connectivity index (χ2v) is 6.14. The van der Waals surface area contributed by atoms with Crippen molar-refractivity contribution in [2.24, 2.45) is 0 Å². The van der Waals surface area contributed by atoms with Gasteiger partial charge in [-0.05, 0) is 60.9 Å². The highest BCUT2D eigenvalue weighted by molar-refractivity contribution is 4.88. The molecule has 0 bridgehead atoms. The molecule has 4 nitrogen and oxygen atoms in total. The number of piperidine rings is 1. The minimum atomic E-state index is -0.118. The van der Waals surface area contributed by atoms with E-state index in [4.69, 9.17) is 4.74 Å². The van der Waals surface area contributed by atoms with Crippen LogP contribution in [0.1, 0.15) is 26.7 Å². The SMILES string of the molecule is CNC(CN1CCC(N(C)C)CC1)C(C)(C)OC. The van der Waals surface area contributed by atoms with Gasteiger partial charge in [0.15, 0.2) is 0 Å². The first-order valence-corrected chi connectivity index (χ1v) is 7.02. The summed E-state index contributed by atoms with van der Waals surface area (Å²) in [6.45, 7) is 7.76. The van der Waals surface area contributed by atoms with Gasteiger partial charge in [0.25, 0.3) is 0 Å². The van der Waals surface area contributed by atoms with E-state index in [2.05, 4.69) is 43.1 Å². The van der Waals surface area contributed by atoms with Gasteiger partial charge in [0, 0.05) is 25.7 Å². The van der Waals surface area contributed by atoms with Gasteiger partial charge in [-0.25, -0.2) is 0 Å². The Bertz CT molecular complexity index is 235. The highest BCUT2D eigenvalue weighted by Gasteiger charge is 2.31. The Morgan fingerprint density at radius 3 is 2.28 bits per heavy atom. The number of hydrogen-bond acceptors (Lipinski definition) is 4. The zero-order valence-corrected chi connectivity index (χ0v) is 13.0. The van der Waals surface area contributed by atoms with Crippen molar-refractivity contribution in [3.63, 3.8) is 0 Å². The molecular weight excluding hydrogens is 226 g/mol. The Labute approximate surface area is 113 Å². The summed E-state index contributed by atoms with van der Waals surface area (Å²) in [5.41, 5.74) is -0.118. The van der Waals surface area contributed by atoms with Crippen molar-refractivity contribution in [3.05, 3.63) is 0 Å². The van der Waals surface area contributed by atoms with E-state index in [1.165, 1.54) is 25.9 Å². The van der Waals surface area contributed by atoms with Crippen LogP contribution in [-0.2, 0) is 4.74 Å². The third-order valence-electron chi connectivity index (χ3n) is 4.44. The van der Waals surface area contributed by atoms with Gasteiger partial charge in [0.1, 0.15) is 0 Å². The van der Waals surface area contributed by atoms with Crippen LogP contribution in [0.5, 0.6) is 0 Å². The molecule has 0 aromatic carbocycles. The molecular formula is C14H31N3O. The van der Waals surface area contributed by atoms with Crippen molar-refractivity contribution in [1.29, 1.82) is 0 Å². The molecule has 1 fully saturated rings. The van der Waals surface area contributed by atoms with Gasteiger partial charge in [0.2, 0.25) is 0 Å². The van der Waals surface area contributed by atoms with Crippen LogP contribution in [0, 0.1) is 0 Å². The molecule has 0 spiro atoms. The lowest BCUT2D eigenvalue weighted by atomic mass is 9.96. The molecule has 1 atom stereocenters. The average molecular weight is 257 g/mol. The molecule has 0 aliphatic carbocycles. The predicted molar refractivity (Wildman–Crippen MR) is 77.1 cm³/mol. The number of hydrogen-bond donors (Lipinski definition) is 1. The van der Waals surface area contributed by atoms with Crippen molar-refractivity contribution in [2.45, 2.75) is 44.4 Å². The Morgan fingerprint density at radius 1 is 1.33 bits per heavy atom. The number of methoxy groups -OCH3 is 1. The van der Waals surface area contributed by atoms with Crippen LogP contribution < -0.4 is 5.32 Å². The maximum absolute atomic E-state index is 5.59. The first-order chi connectivity index (χ1) is 8.40. The summed E-state index contributed by atoms with van der Waals surface area (Å²) in [5.74, 6) is 0. The van der Waals surface area contributed by atoms with E-state index >= 15 is 0 Å². The second kappa shape index (κ2) is 6.85. The largest absolute Gasteiger partial charge is 0.377 e. The summed E-state index contributed by atoms with van der Waals surface area (Å²) in [6, 6.07) is 1.13. The van der Waals surface area contributed by atoms with Crippen LogP contribution in [0.4, 0.5) is 0 Å². The summed E-state index contributed by atoms with van der Waals surface area (Å²) >= 11 is 0. The van der Waals surface area contributed by atoms with Gasteiger partial charge >= 0.3 is 0 Å². The van der Waals surface area contributed by atoms with Crippen LogP contribution in [0.15, 0.2) is 0 Å². The smallest absolute Gasteiger partial charge is 0.0787 e. The molecule has 18 heavy (non-hydrogen) atoms. The predicted octanol–water partition coefficient (Wildman–Crippen LogP) is 1.03. The van der Waals surface area contributed by atoms with Crippen LogP contribution in [0.25, 0.3) is 0 Å². The zero-order chi connectivity index (χ0) is 13.8. The fourth-order valence-electron chi connectivity index (χ4n) is 2.68. The van der Waals surface area contributed by atoms with Crippen LogP contribution >= 0.6 is 0 Å². The van der Waals surface area contributed by atoms with E-state index in [9.17, 15) is 0 Å². The Kier molecular flexibility index (Phi) is 6.05. The standard InChI is InChI=1S/C14H31N3O/c1-14(2,18-6)13(15-3)11-17-9-7-12(8-10-17)16(4)5/h12-13,15H,7-11H2,1-6H3. The molecule has 1 heterocycles. The molecule has 1 aliphatic rings. The van der Waals surface area contributed by atoms with E-state index in [1.807, 2.05) is 7.05 Å². The molecule has 0 aromatic heterocycles. The minimum absolute atomic E-state index is 0.118. The van der Waals surface area contributed by atoms with Crippen molar-refractivity contribution < 1.29 is 4.74 Å². The molecule has 108 valence electrons. The third-order valence-corrected chi connectivity index (χ3v) is 4.44. The van der Waals surface area contributed by atoms with E-state index < -0.39 is 0 Å². The molecule has 0 amide bonds. The fourth-order valence-corrected chi connectivity index (χ4v) is 2.68. The van der Waals surface area contributed by atoms with Gasteiger partial charge in [-0.15, -0.1) is 0 Å². The first-order valence-electron chi connectivity index (χ1n) is 7.02. The molecule has 1 aliphatic heterocycles. The molecule has 0 radical (unpaired) electrons. The topological polar surface area (TPSA) is 27.7 Å². The van der Waals surface area contributed by atoms with E-state index in [-0.39, 0.29) is 5.60 Å².